The second-order valence-electron chi connectivity index (χ2n) is 5.89. The van der Waals surface area contributed by atoms with Crippen LogP contribution in [0.15, 0.2) is 24.3 Å². The first kappa shape index (κ1) is 19.5. The minimum absolute atomic E-state index is 0.0751. The van der Waals surface area contributed by atoms with Crippen molar-refractivity contribution < 1.29 is 27.4 Å². The van der Waals surface area contributed by atoms with Crippen molar-refractivity contribution in [2.24, 2.45) is 0 Å². The molecule has 0 bridgehead atoms. The maximum atomic E-state index is 13.1. The summed E-state index contributed by atoms with van der Waals surface area (Å²) in [4.78, 5) is 11.8. The topological polar surface area (TPSA) is 65.4 Å². The Labute approximate surface area is 158 Å². The largest absolute Gasteiger partial charge is 0.484 e. The van der Waals surface area contributed by atoms with Gasteiger partial charge in [0.1, 0.15) is 5.75 Å². The summed E-state index contributed by atoms with van der Waals surface area (Å²) >= 11 is 5.76. The van der Waals surface area contributed by atoms with Gasteiger partial charge in [0.2, 0.25) is 0 Å². The van der Waals surface area contributed by atoms with Gasteiger partial charge in [0.15, 0.2) is 12.3 Å². The maximum absolute atomic E-state index is 13.1. The summed E-state index contributed by atoms with van der Waals surface area (Å²) in [6.07, 6.45) is -4.18. The molecule has 1 aliphatic rings. The quantitative estimate of drug-likeness (QED) is 0.805. The van der Waals surface area contributed by atoms with Gasteiger partial charge >= 0.3 is 6.18 Å². The van der Waals surface area contributed by atoms with Crippen LogP contribution in [0.1, 0.15) is 17.0 Å². The van der Waals surface area contributed by atoms with Crippen molar-refractivity contribution in [3.05, 3.63) is 46.2 Å². The Morgan fingerprint density at radius 2 is 2.07 bits per heavy atom. The van der Waals surface area contributed by atoms with Gasteiger partial charge in [-0.05, 0) is 24.3 Å². The number of hydrogen-bond acceptors (Lipinski definition) is 4. The molecule has 0 saturated carbocycles. The van der Waals surface area contributed by atoms with E-state index in [4.69, 9.17) is 21.1 Å². The summed E-state index contributed by atoms with van der Waals surface area (Å²) in [5.41, 5.74) is -0.346. The number of carbonyl (C=O) groups is 1. The lowest BCUT2D eigenvalue weighted by Crippen LogP contribution is -2.32. The van der Waals surface area contributed by atoms with Crippen LogP contribution in [0, 0.1) is 0 Å². The van der Waals surface area contributed by atoms with Gasteiger partial charge in [0.05, 0.1) is 19.8 Å². The molecule has 2 heterocycles. The number of benzene rings is 1. The molecule has 1 aliphatic heterocycles. The highest BCUT2D eigenvalue weighted by Gasteiger charge is 2.39. The number of alkyl halides is 3. The Kier molecular flexibility index (Phi) is 5.91. The number of nitrogens with zero attached hydrogens (tertiary/aromatic N) is 2. The Morgan fingerprint density at radius 3 is 2.78 bits per heavy atom. The van der Waals surface area contributed by atoms with E-state index in [0.29, 0.717) is 29.5 Å². The van der Waals surface area contributed by atoms with E-state index in [0.717, 1.165) is 0 Å². The van der Waals surface area contributed by atoms with Gasteiger partial charge in [-0.2, -0.15) is 18.3 Å². The maximum Gasteiger partial charge on any atom is 0.435 e. The molecule has 0 fully saturated rings. The number of nitrogens with one attached hydrogen (secondary N) is 1. The van der Waals surface area contributed by atoms with Gasteiger partial charge in [-0.1, -0.05) is 11.6 Å². The molecular weight excluding hydrogens is 387 g/mol. The summed E-state index contributed by atoms with van der Waals surface area (Å²) in [5, 5.41) is 6.84. The average molecular weight is 404 g/mol. The zero-order chi connectivity index (χ0) is 19.4. The van der Waals surface area contributed by atoms with Crippen LogP contribution >= 0.6 is 11.6 Å². The minimum atomic E-state index is -4.54. The van der Waals surface area contributed by atoms with Crippen molar-refractivity contribution in [1.82, 2.24) is 15.1 Å². The predicted octanol–water partition coefficient (Wildman–Crippen LogP) is 2.82. The molecule has 1 aromatic carbocycles. The Morgan fingerprint density at radius 1 is 1.33 bits per heavy atom. The molecular formula is C17H17ClF3N3O3. The highest BCUT2D eigenvalue weighted by atomic mass is 35.5. The van der Waals surface area contributed by atoms with Gasteiger partial charge in [-0.25, -0.2) is 0 Å². The normalized spacial score (nSPS) is 13.9. The molecule has 0 saturated heterocycles. The molecule has 2 aromatic rings. The lowest BCUT2D eigenvalue weighted by atomic mass is 10.1. The van der Waals surface area contributed by atoms with Gasteiger partial charge < -0.3 is 14.8 Å². The van der Waals surface area contributed by atoms with E-state index in [1.165, 1.54) is 4.68 Å². The fourth-order valence-corrected chi connectivity index (χ4v) is 2.88. The molecule has 0 aliphatic carbocycles. The van der Waals surface area contributed by atoms with Crippen molar-refractivity contribution in [1.29, 1.82) is 0 Å². The number of amides is 1. The minimum Gasteiger partial charge on any atom is -0.484 e. The van der Waals surface area contributed by atoms with Crippen LogP contribution in [-0.4, -0.2) is 35.4 Å². The zero-order valence-corrected chi connectivity index (χ0v) is 14.9. The van der Waals surface area contributed by atoms with E-state index in [2.05, 4.69) is 10.4 Å². The first-order chi connectivity index (χ1) is 12.8. The number of ether oxygens (including phenoxy) is 2. The van der Waals surface area contributed by atoms with E-state index < -0.39 is 11.9 Å². The van der Waals surface area contributed by atoms with E-state index in [9.17, 15) is 18.0 Å². The van der Waals surface area contributed by atoms with Crippen LogP contribution in [0.25, 0.3) is 0 Å². The summed E-state index contributed by atoms with van der Waals surface area (Å²) in [5.74, 6) is 0.107. The van der Waals surface area contributed by atoms with Crippen LogP contribution in [0.4, 0.5) is 13.2 Å². The van der Waals surface area contributed by atoms with Crippen molar-refractivity contribution in [3.63, 3.8) is 0 Å². The molecule has 0 radical (unpaired) electrons. The molecule has 3 rings (SSSR count). The third-order valence-corrected chi connectivity index (χ3v) is 4.25. The average Bonchev–Trinajstić information content (AvgIpc) is 3.01. The van der Waals surface area contributed by atoms with Crippen molar-refractivity contribution in [2.75, 3.05) is 19.8 Å². The van der Waals surface area contributed by atoms with Gasteiger partial charge in [0, 0.05) is 29.2 Å². The second kappa shape index (κ2) is 8.18. The fourth-order valence-electron chi connectivity index (χ4n) is 2.75. The van der Waals surface area contributed by atoms with Crippen LogP contribution < -0.4 is 10.1 Å². The molecule has 0 unspecified atom stereocenters. The van der Waals surface area contributed by atoms with Crippen molar-refractivity contribution in [2.45, 2.75) is 25.7 Å². The van der Waals surface area contributed by atoms with Gasteiger partial charge in [0.25, 0.3) is 5.91 Å². The Balaban J connectivity index is 1.53. The van der Waals surface area contributed by atoms with Crippen molar-refractivity contribution in [3.8, 4) is 5.75 Å². The third kappa shape index (κ3) is 4.92. The van der Waals surface area contributed by atoms with Gasteiger partial charge in [-0.15, -0.1) is 0 Å². The summed E-state index contributed by atoms with van der Waals surface area (Å²) < 4.78 is 51.0. The smallest absolute Gasteiger partial charge is 0.435 e. The molecule has 146 valence electrons. The zero-order valence-electron chi connectivity index (χ0n) is 14.2. The summed E-state index contributed by atoms with van der Waals surface area (Å²) in [6, 6.07) is 6.54. The first-order valence-electron chi connectivity index (χ1n) is 8.23. The second-order valence-corrected chi connectivity index (χ2v) is 6.33. The molecule has 6 nitrogen and oxygen atoms in total. The molecule has 27 heavy (non-hydrogen) atoms. The lowest BCUT2D eigenvalue weighted by Gasteiger charge is -2.15. The SMILES string of the molecule is O=C(COc1ccc(Cl)cc1)NCCn1nc(C(F)(F)F)c2c1CCOC2. The number of hydrogen-bond donors (Lipinski definition) is 1. The van der Waals surface area contributed by atoms with E-state index in [1.54, 1.807) is 24.3 Å². The Bertz CT molecular complexity index is 806. The van der Waals surface area contributed by atoms with Crippen LogP contribution in [0.5, 0.6) is 5.75 Å². The third-order valence-electron chi connectivity index (χ3n) is 3.99. The first-order valence-corrected chi connectivity index (χ1v) is 8.61. The number of aromatic nitrogens is 2. The lowest BCUT2D eigenvalue weighted by molar-refractivity contribution is -0.142. The number of rotatable bonds is 6. The molecule has 1 amide bonds. The monoisotopic (exact) mass is 403 g/mol. The highest BCUT2D eigenvalue weighted by Crippen LogP contribution is 2.34. The highest BCUT2D eigenvalue weighted by molar-refractivity contribution is 6.30. The van der Waals surface area contributed by atoms with E-state index >= 15 is 0 Å². The van der Waals surface area contributed by atoms with Crippen molar-refractivity contribution >= 4 is 17.5 Å². The molecule has 0 atom stereocenters. The number of halogens is 4. The van der Waals surface area contributed by atoms with E-state index in [-0.39, 0.29) is 37.8 Å². The van der Waals surface area contributed by atoms with Crippen LogP contribution in [0.3, 0.4) is 0 Å². The van der Waals surface area contributed by atoms with E-state index in [1.807, 2.05) is 0 Å². The predicted molar refractivity (Wildman–Crippen MR) is 90.5 cm³/mol. The number of fused-ring (bicyclic) bond motifs is 1. The van der Waals surface area contributed by atoms with Crippen LogP contribution in [-0.2, 0) is 35.3 Å². The number of carbonyl (C=O) groups excluding carboxylic acids is 1. The molecule has 0 spiro atoms. The molecule has 10 heteroatoms. The standard InChI is InChI=1S/C17H17ClF3N3O3/c18-11-1-3-12(4-2-11)27-10-15(25)22-6-7-24-14-5-8-26-9-13(14)16(23-24)17(19,20)21/h1-4H,5-10H2,(H,22,25). The summed E-state index contributed by atoms with van der Waals surface area (Å²) in [7, 11) is 0. The van der Waals surface area contributed by atoms with Gasteiger partial charge in [-0.3, -0.25) is 9.48 Å². The summed E-state index contributed by atoms with van der Waals surface area (Å²) in [6.45, 7) is 0.295. The molecule has 1 aromatic heterocycles. The van der Waals surface area contributed by atoms with Crippen LogP contribution in [0.2, 0.25) is 5.02 Å². The molecule has 1 N–H and O–H groups in total. The Hall–Kier alpha value is -2.26. The fraction of sp³-hybridized carbons (Fsp3) is 0.412.